The summed E-state index contributed by atoms with van der Waals surface area (Å²) in [6.45, 7) is 3.80. The topological polar surface area (TPSA) is 37.4 Å². The Kier molecular flexibility index (Phi) is 6.36. The monoisotopic (exact) mass is 400 g/mol. The van der Waals surface area contributed by atoms with Crippen molar-refractivity contribution in [1.29, 1.82) is 0 Å². The number of nitrogens with zero attached hydrogens (tertiary/aromatic N) is 1. The molecule has 2 rings (SSSR count). The molecule has 0 heterocycles. The Morgan fingerprint density at radius 3 is 2.27 bits per heavy atom. The van der Waals surface area contributed by atoms with Gasteiger partial charge in [0.15, 0.2) is 0 Å². The van der Waals surface area contributed by atoms with E-state index < -0.39 is 13.1 Å². The van der Waals surface area contributed by atoms with E-state index in [1.807, 2.05) is 0 Å². The number of sulfonamides is 1. The summed E-state index contributed by atoms with van der Waals surface area (Å²) in [6, 6.07) is 6.44. The fraction of sp³-hybridized carbons (Fsp3) is 0.500. The van der Waals surface area contributed by atoms with Crippen LogP contribution in [0.2, 0.25) is 0 Å². The van der Waals surface area contributed by atoms with Crippen LogP contribution in [0, 0.1) is 6.92 Å². The zero-order chi connectivity index (χ0) is 16.4. The minimum absolute atomic E-state index is 0.155. The molecule has 0 atom stereocenters. The van der Waals surface area contributed by atoms with Crippen LogP contribution in [0.3, 0.4) is 0 Å². The van der Waals surface area contributed by atoms with Crippen molar-refractivity contribution in [3.8, 4) is 0 Å². The summed E-state index contributed by atoms with van der Waals surface area (Å²) in [5.74, 6) is 0. The second kappa shape index (κ2) is 7.49. The predicted molar refractivity (Wildman–Crippen MR) is 94.7 cm³/mol. The van der Waals surface area contributed by atoms with E-state index in [0.29, 0.717) is 5.56 Å². The largest absolute Gasteiger partial charge is 0.252 e. The van der Waals surface area contributed by atoms with Crippen LogP contribution in [0.15, 0.2) is 29.2 Å². The van der Waals surface area contributed by atoms with E-state index in [2.05, 4.69) is 6.92 Å². The highest BCUT2D eigenvalue weighted by atomic mass is 35.6. The van der Waals surface area contributed by atoms with Crippen LogP contribution < -0.4 is 0 Å². The Bertz CT molecular complexity index is 611. The van der Waals surface area contributed by atoms with Crippen molar-refractivity contribution < 1.29 is 8.42 Å². The molecule has 0 aromatic heterocycles. The van der Waals surface area contributed by atoms with E-state index in [-0.39, 0.29) is 10.9 Å². The summed E-state index contributed by atoms with van der Waals surface area (Å²) in [4.78, 5) is 0.155. The van der Waals surface area contributed by atoms with Crippen LogP contribution in [0.4, 0.5) is 0 Å². The number of rotatable bonds is 4. The zero-order valence-electron chi connectivity index (χ0n) is 11.8. The lowest BCUT2D eigenvalue weighted by Crippen LogP contribution is -2.38. The van der Waals surface area contributed by atoms with E-state index >= 15 is 0 Å². The number of hydrogen-bond acceptors (Lipinski definition) is 3. The summed E-state index contributed by atoms with van der Waals surface area (Å²) < 4.78 is 25.6. The number of alkyl halides is 3. The molecule has 1 aliphatic carbocycles. The van der Waals surface area contributed by atoms with Crippen LogP contribution >= 0.6 is 46.8 Å². The molecule has 0 N–H and O–H groups in total. The van der Waals surface area contributed by atoms with Crippen LogP contribution in [-0.4, -0.2) is 21.3 Å². The number of hydrogen-bond donors (Lipinski definition) is 0. The second-order valence-electron chi connectivity index (χ2n) is 5.20. The molecule has 1 radical (unpaired) electrons. The first-order valence-electron chi connectivity index (χ1n) is 6.93. The lowest BCUT2D eigenvalue weighted by Gasteiger charge is -2.34. The van der Waals surface area contributed by atoms with E-state index in [1.165, 1.54) is 9.78 Å². The predicted octanol–water partition coefficient (Wildman–Crippen LogP) is 5.17. The first-order valence-corrected chi connectivity index (χ1v) is 10.3. The van der Waals surface area contributed by atoms with Crippen molar-refractivity contribution in [2.45, 2.75) is 46.2 Å². The van der Waals surface area contributed by atoms with Gasteiger partial charge in [0.25, 0.3) is 13.1 Å². The van der Waals surface area contributed by atoms with Crippen LogP contribution in [0.25, 0.3) is 0 Å². The summed E-state index contributed by atoms with van der Waals surface area (Å²) in [6.07, 6.45) is 4.60. The van der Waals surface area contributed by atoms with Gasteiger partial charge in [0.2, 0.25) is 0 Å². The third kappa shape index (κ3) is 4.68. The lowest BCUT2D eigenvalue weighted by atomic mass is 9.96. The van der Waals surface area contributed by atoms with Gasteiger partial charge in [0, 0.05) is 6.04 Å². The Morgan fingerprint density at radius 2 is 1.73 bits per heavy atom. The molecule has 1 aromatic rings. The van der Waals surface area contributed by atoms with Crippen LogP contribution in [0.5, 0.6) is 0 Å². The molecule has 0 unspecified atom stereocenters. The molecule has 1 saturated carbocycles. The molecule has 8 heteroatoms. The third-order valence-electron chi connectivity index (χ3n) is 3.55. The van der Waals surface area contributed by atoms with Gasteiger partial charge in [-0.3, -0.25) is 0 Å². The standard InChI is InChI=1S/C14H17Cl3NO2S2/c1-11-7-5-6-10-13(11)22(19,20)18(21-14(15,16)17)12-8-3-2-4-9-12/h5-7,10,12H,1-4,8-9H2. The van der Waals surface area contributed by atoms with Gasteiger partial charge in [-0.15, -0.1) is 3.71 Å². The molecule has 0 bridgehead atoms. The Balaban J connectivity index is 2.40. The van der Waals surface area contributed by atoms with Crippen molar-refractivity contribution in [2.75, 3.05) is 0 Å². The second-order valence-corrected chi connectivity index (χ2v) is 11.4. The average Bonchev–Trinajstić information content (AvgIpc) is 2.45. The minimum Gasteiger partial charge on any atom is -0.206 e. The van der Waals surface area contributed by atoms with Crippen molar-refractivity contribution in [3.63, 3.8) is 0 Å². The fourth-order valence-electron chi connectivity index (χ4n) is 2.57. The summed E-state index contributed by atoms with van der Waals surface area (Å²) in [7, 11) is -3.78. The van der Waals surface area contributed by atoms with Gasteiger partial charge in [-0.1, -0.05) is 72.3 Å². The highest BCUT2D eigenvalue weighted by molar-refractivity contribution is 8.11. The van der Waals surface area contributed by atoms with Crippen LogP contribution in [-0.2, 0) is 10.0 Å². The first-order chi connectivity index (χ1) is 10.2. The number of halogens is 3. The molecule has 0 spiro atoms. The summed E-state index contributed by atoms with van der Waals surface area (Å²) >= 11 is 18.3. The maximum absolute atomic E-state index is 13.0. The molecule has 3 nitrogen and oxygen atoms in total. The maximum atomic E-state index is 13.0. The molecular formula is C14H17Cl3NO2S2. The highest BCUT2D eigenvalue weighted by Crippen LogP contribution is 2.46. The maximum Gasteiger partial charge on any atom is 0.252 e. The van der Waals surface area contributed by atoms with Gasteiger partial charge in [-0.25, -0.2) is 8.42 Å². The van der Waals surface area contributed by atoms with Gasteiger partial charge in [-0.05, 0) is 43.3 Å². The molecule has 0 saturated heterocycles. The zero-order valence-corrected chi connectivity index (χ0v) is 15.7. The van der Waals surface area contributed by atoms with E-state index in [9.17, 15) is 8.42 Å². The van der Waals surface area contributed by atoms with Crippen molar-refractivity contribution in [1.82, 2.24) is 3.71 Å². The lowest BCUT2D eigenvalue weighted by molar-refractivity contribution is 0.345. The molecule has 0 aliphatic heterocycles. The summed E-state index contributed by atoms with van der Waals surface area (Å²) in [5, 5.41) is 0. The Labute approximate surface area is 151 Å². The highest BCUT2D eigenvalue weighted by Gasteiger charge is 2.39. The molecular weight excluding hydrogens is 385 g/mol. The first kappa shape index (κ1) is 18.7. The van der Waals surface area contributed by atoms with Crippen molar-refractivity contribution >= 4 is 56.8 Å². The summed E-state index contributed by atoms with van der Waals surface area (Å²) in [5.41, 5.74) is 0.438. The van der Waals surface area contributed by atoms with Gasteiger partial charge >= 0.3 is 0 Å². The van der Waals surface area contributed by atoms with Gasteiger partial charge in [-0.2, -0.15) is 0 Å². The molecule has 123 valence electrons. The minimum atomic E-state index is -3.78. The SMILES string of the molecule is [CH2]c1ccccc1S(=O)(=O)N(SC(Cl)(Cl)Cl)C1CCCCC1. The normalized spacial score (nSPS) is 17.9. The van der Waals surface area contributed by atoms with Crippen molar-refractivity contribution in [2.24, 2.45) is 0 Å². The Morgan fingerprint density at radius 1 is 1.14 bits per heavy atom. The number of benzene rings is 1. The van der Waals surface area contributed by atoms with Crippen LogP contribution in [0.1, 0.15) is 37.7 Å². The Hall–Kier alpha value is 0.350. The van der Waals surface area contributed by atoms with Crippen molar-refractivity contribution in [3.05, 3.63) is 36.8 Å². The molecule has 1 fully saturated rings. The molecule has 1 aliphatic rings. The van der Waals surface area contributed by atoms with Gasteiger partial charge in [0.05, 0.1) is 4.90 Å². The van der Waals surface area contributed by atoms with Gasteiger partial charge in [0.1, 0.15) is 0 Å². The van der Waals surface area contributed by atoms with E-state index in [1.54, 1.807) is 18.2 Å². The fourth-order valence-corrected chi connectivity index (χ4v) is 6.58. The molecule has 22 heavy (non-hydrogen) atoms. The average molecular weight is 402 g/mol. The van der Waals surface area contributed by atoms with Gasteiger partial charge < -0.3 is 0 Å². The smallest absolute Gasteiger partial charge is 0.206 e. The molecule has 1 aromatic carbocycles. The quantitative estimate of drug-likeness (QED) is 0.516. The van der Waals surface area contributed by atoms with E-state index in [0.717, 1.165) is 44.1 Å². The molecule has 0 amide bonds. The van der Waals surface area contributed by atoms with E-state index in [4.69, 9.17) is 34.8 Å². The third-order valence-corrected chi connectivity index (χ3v) is 7.40.